The summed E-state index contributed by atoms with van der Waals surface area (Å²) in [5, 5.41) is 13.4. The van der Waals surface area contributed by atoms with Crippen LogP contribution in [0, 0.1) is 15.9 Å². The first kappa shape index (κ1) is 16.0. The third kappa shape index (κ3) is 4.27. The van der Waals surface area contributed by atoms with E-state index in [1.165, 1.54) is 0 Å². The van der Waals surface area contributed by atoms with Crippen LogP contribution < -0.4 is 5.32 Å². The molecule has 0 aliphatic carbocycles. The van der Waals surface area contributed by atoms with E-state index in [2.05, 4.69) is 5.32 Å². The molecule has 7 heteroatoms. The molecule has 0 unspecified atom stereocenters. The van der Waals surface area contributed by atoms with Gasteiger partial charge in [-0.3, -0.25) is 14.9 Å². The first-order valence-electron chi connectivity index (χ1n) is 6.25. The molecule has 0 heterocycles. The van der Waals surface area contributed by atoms with Gasteiger partial charge >= 0.3 is 0 Å². The Bertz CT molecular complexity index is 506. The average molecular weight is 283 g/mol. The van der Waals surface area contributed by atoms with E-state index in [9.17, 15) is 19.3 Å². The largest absolute Gasteiger partial charge is 0.351 e. The van der Waals surface area contributed by atoms with Gasteiger partial charge in [-0.1, -0.05) is 0 Å². The van der Waals surface area contributed by atoms with E-state index in [1.807, 2.05) is 25.8 Å². The van der Waals surface area contributed by atoms with Crippen LogP contribution in [0.3, 0.4) is 0 Å². The van der Waals surface area contributed by atoms with Crippen molar-refractivity contribution in [3.63, 3.8) is 0 Å². The standard InChI is InChI=1S/C13H18FN3O3/c1-9(2)16(3)7-6-15-13(18)11-8-10(14)4-5-12(11)17(19)20/h4-5,8-9H,6-7H2,1-3H3,(H,15,18). The van der Waals surface area contributed by atoms with Crippen LogP contribution in [-0.2, 0) is 0 Å². The molecule has 0 saturated carbocycles. The van der Waals surface area contributed by atoms with Gasteiger partial charge in [-0.05, 0) is 33.0 Å². The number of likely N-dealkylation sites (N-methyl/N-ethyl adjacent to an activating group) is 1. The molecule has 0 aromatic heterocycles. The number of hydrogen-bond donors (Lipinski definition) is 1. The fraction of sp³-hybridized carbons (Fsp3) is 0.462. The molecular formula is C13H18FN3O3. The number of halogens is 1. The fourth-order valence-electron chi connectivity index (χ4n) is 1.55. The molecule has 6 nitrogen and oxygen atoms in total. The van der Waals surface area contributed by atoms with Gasteiger partial charge in [0.05, 0.1) is 4.92 Å². The molecular weight excluding hydrogens is 265 g/mol. The lowest BCUT2D eigenvalue weighted by Gasteiger charge is -2.20. The van der Waals surface area contributed by atoms with Crippen molar-refractivity contribution in [2.75, 3.05) is 20.1 Å². The Hall–Kier alpha value is -2.02. The minimum absolute atomic E-state index is 0.262. The van der Waals surface area contributed by atoms with Crippen molar-refractivity contribution in [3.8, 4) is 0 Å². The molecule has 1 N–H and O–H groups in total. The highest BCUT2D eigenvalue weighted by atomic mass is 19.1. The quantitative estimate of drug-likeness (QED) is 0.638. The summed E-state index contributed by atoms with van der Waals surface area (Å²) in [4.78, 5) is 24.0. The predicted octanol–water partition coefficient (Wildman–Crippen LogP) is 1.80. The van der Waals surface area contributed by atoms with Gasteiger partial charge in [0, 0.05) is 25.2 Å². The lowest BCUT2D eigenvalue weighted by atomic mass is 10.1. The number of nitrogens with zero attached hydrogens (tertiary/aromatic N) is 2. The van der Waals surface area contributed by atoms with Crippen molar-refractivity contribution in [2.24, 2.45) is 0 Å². The Morgan fingerprint density at radius 2 is 2.15 bits per heavy atom. The van der Waals surface area contributed by atoms with Gasteiger partial charge in [-0.25, -0.2) is 4.39 Å². The van der Waals surface area contributed by atoms with Crippen LogP contribution in [0.5, 0.6) is 0 Å². The average Bonchev–Trinajstić information content (AvgIpc) is 2.37. The van der Waals surface area contributed by atoms with Gasteiger partial charge in [0.25, 0.3) is 11.6 Å². The minimum Gasteiger partial charge on any atom is -0.351 e. The maximum Gasteiger partial charge on any atom is 0.282 e. The monoisotopic (exact) mass is 283 g/mol. The summed E-state index contributed by atoms with van der Waals surface area (Å²) < 4.78 is 13.1. The van der Waals surface area contributed by atoms with Crippen LogP contribution in [0.1, 0.15) is 24.2 Å². The van der Waals surface area contributed by atoms with Gasteiger partial charge < -0.3 is 10.2 Å². The highest BCUT2D eigenvalue weighted by Crippen LogP contribution is 2.19. The van der Waals surface area contributed by atoms with Gasteiger partial charge in [-0.2, -0.15) is 0 Å². The molecule has 1 amide bonds. The molecule has 20 heavy (non-hydrogen) atoms. The van der Waals surface area contributed by atoms with Crippen LogP contribution in [0.25, 0.3) is 0 Å². The molecule has 0 radical (unpaired) electrons. The zero-order valence-corrected chi connectivity index (χ0v) is 11.7. The number of carbonyl (C=O) groups is 1. The number of nitrogens with one attached hydrogen (secondary N) is 1. The number of nitro benzene ring substituents is 1. The summed E-state index contributed by atoms with van der Waals surface area (Å²) in [6.45, 7) is 4.96. The first-order valence-corrected chi connectivity index (χ1v) is 6.25. The van der Waals surface area contributed by atoms with E-state index in [0.29, 0.717) is 19.1 Å². The summed E-state index contributed by atoms with van der Waals surface area (Å²) in [7, 11) is 1.90. The molecule has 0 aliphatic rings. The van der Waals surface area contributed by atoms with Crippen LogP contribution in [-0.4, -0.2) is 41.9 Å². The zero-order valence-electron chi connectivity index (χ0n) is 11.7. The third-order valence-electron chi connectivity index (χ3n) is 3.03. The second-order valence-electron chi connectivity index (χ2n) is 4.75. The van der Waals surface area contributed by atoms with Crippen molar-refractivity contribution in [3.05, 3.63) is 39.7 Å². The van der Waals surface area contributed by atoms with Crippen molar-refractivity contribution >= 4 is 11.6 Å². The van der Waals surface area contributed by atoms with E-state index in [0.717, 1.165) is 18.2 Å². The van der Waals surface area contributed by atoms with E-state index in [1.54, 1.807) is 0 Å². The second kappa shape index (κ2) is 6.95. The SMILES string of the molecule is CC(C)N(C)CCNC(=O)c1cc(F)ccc1[N+](=O)[O-]. The number of carbonyl (C=O) groups excluding carboxylic acids is 1. The van der Waals surface area contributed by atoms with Gasteiger partial charge in [0.2, 0.25) is 0 Å². The fourth-order valence-corrected chi connectivity index (χ4v) is 1.55. The van der Waals surface area contributed by atoms with Crippen LogP contribution in [0.2, 0.25) is 0 Å². The van der Waals surface area contributed by atoms with Crippen LogP contribution in [0.15, 0.2) is 18.2 Å². The van der Waals surface area contributed by atoms with Gasteiger partial charge in [-0.15, -0.1) is 0 Å². The first-order chi connectivity index (χ1) is 9.32. The number of benzene rings is 1. The van der Waals surface area contributed by atoms with Gasteiger partial charge in [0.1, 0.15) is 11.4 Å². The molecule has 0 fully saturated rings. The summed E-state index contributed by atoms with van der Waals surface area (Å²) in [6, 6.07) is 3.15. The molecule has 1 aromatic rings. The number of nitro groups is 1. The lowest BCUT2D eigenvalue weighted by molar-refractivity contribution is -0.385. The smallest absolute Gasteiger partial charge is 0.282 e. The zero-order chi connectivity index (χ0) is 15.3. The van der Waals surface area contributed by atoms with Crippen LogP contribution >= 0.6 is 0 Å². The number of amides is 1. The Morgan fingerprint density at radius 1 is 1.50 bits per heavy atom. The predicted molar refractivity (Wildman–Crippen MR) is 73.2 cm³/mol. The minimum atomic E-state index is -0.700. The summed E-state index contributed by atoms with van der Waals surface area (Å²) >= 11 is 0. The maximum atomic E-state index is 13.1. The topological polar surface area (TPSA) is 75.5 Å². The summed E-state index contributed by atoms with van der Waals surface area (Å²) in [5.74, 6) is -1.33. The summed E-state index contributed by atoms with van der Waals surface area (Å²) in [5.41, 5.74) is -0.664. The molecule has 1 rings (SSSR count). The molecule has 0 saturated heterocycles. The second-order valence-corrected chi connectivity index (χ2v) is 4.75. The molecule has 0 aliphatic heterocycles. The molecule has 110 valence electrons. The van der Waals surface area contributed by atoms with Crippen molar-refractivity contribution < 1.29 is 14.1 Å². The Balaban J connectivity index is 2.72. The van der Waals surface area contributed by atoms with Gasteiger partial charge in [0.15, 0.2) is 0 Å². The van der Waals surface area contributed by atoms with Crippen LogP contribution in [0.4, 0.5) is 10.1 Å². The van der Waals surface area contributed by atoms with Crippen molar-refractivity contribution in [2.45, 2.75) is 19.9 Å². The number of rotatable bonds is 6. The molecule has 0 spiro atoms. The van der Waals surface area contributed by atoms with E-state index in [4.69, 9.17) is 0 Å². The highest BCUT2D eigenvalue weighted by Gasteiger charge is 2.20. The normalized spacial score (nSPS) is 10.9. The van der Waals surface area contributed by atoms with Crippen molar-refractivity contribution in [1.82, 2.24) is 10.2 Å². The molecule has 0 atom stereocenters. The third-order valence-corrected chi connectivity index (χ3v) is 3.03. The van der Waals surface area contributed by atoms with E-state index < -0.39 is 22.3 Å². The Kier molecular flexibility index (Phi) is 5.57. The molecule has 1 aromatic carbocycles. The number of hydrogen-bond acceptors (Lipinski definition) is 4. The lowest BCUT2D eigenvalue weighted by Crippen LogP contribution is -2.36. The van der Waals surface area contributed by atoms with Crippen molar-refractivity contribution in [1.29, 1.82) is 0 Å². The highest BCUT2D eigenvalue weighted by molar-refractivity contribution is 5.98. The Morgan fingerprint density at radius 3 is 2.70 bits per heavy atom. The van der Waals surface area contributed by atoms with E-state index in [-0.39, 0.29) is 5.56 Å². The molecule has 0 bridgehead atoms. The van der Waals surface area contributed by atoms with E-state index >= 15 is 0 Å². The Labute approximate surface area is 116 Å². The summed E-state index contributed by atoms with van der Waals surface area (Å²) in [6.07, 6.45) is 0. The maximum absolute atomic E-state index is 13.1.